The number of aromatic nitrogens is 4. The first-order chi connectivity index (χ1) is 16.0. The van der Waals surface area contributed by atoms with Gasteiger partial charge in [0, 0.05) is 57.3 Å². The summed E-state index contributed by atoms with van der Waals surface area (Å²) in [5.74, 6) is 0.656. The lowest BCUT2D eigenvalue weighted by Gasteiger charge is -2.29. The number of hydrogen-bond acceptors (Lipinski definition) is 8. The Hall–Kier alpha value is -3.92. The highest BCUT2D eigenvalue weighted by Crippen LogP contribution is 2.25. The van der Waals surface area contributed by atoms with Crippen LogP contribution in [0.25, 0.3) is 11.0 Å². The van der Waals surface area contributed by atoms with Crippen LogP contribution >= 0.6 is 0 Å². The quantitative estimate of drug-likeness (QED) is 0.357. The first kappa shape index (κ1) is 21.0. The van der Waals surface area contributed by atoms with Crippen LogP contribution in [0.15, 0.2) is 48.7 Å². The van der Waals surface area contributed by atoms with Crippen molar-refractivity contribution in [3.05, 3.63) is 54.5 Å². The number of hydrogen-bond donors (Lipinski definition) is 4. The Balaban J connectivity index is 1.31. The molecule has 2 aromatic carbocycles. The van der Waals surface area contributed by atoms with Crippen molar-refractivity contribution < 1.29 is 4.39 Å². The average molecular weight is 448 g/mol. The zero-order chi connectivity index (χ0) is 22.8. The molecule has 9 nitrogen and oxygen atoms in total. The van der Waals surface area contributed by atoms with Gasteiger partial charge in [0.15, 0.2) is 11.6 Å². The van der Waals surface area contributed by atoms with Gasteiger partial charge in [-0.05, 0) is 42.5 Å². The molecule has 0 radical (unpaired) electrons. The Bertz CT molecular complexity index is 1250. The predicted molar refractivity (Wildman–Crippen MR) is 131 cm³/mol. The fourth-order valence-electron chi connectivity index (χ4n) is 3.75. The van der Waals surface area contributed by atoms with E-state index in [9.17, 15) is 4.39 Å². The summed E-state index contributed by atoms with van der Waals surface area (Å²) in [6, 6.07) is 13.6. The van der Waals surface area contributed by atoms with Crippen LogP contribution in [0.2, 0.25) is 0 Å². The van der Waals surface area contributed by atoms with E-state index < -0.39 is 5.82 Å². The molecule has 10 heteroatoms. The molecule has 1 aliphatic rings. The van der Waals surface area contributed by atoms with Crippen molar-refractivity contribution in [3.8, 4) is 0 Å². The molecule has 0 unspecified atom stereocenters. The zero-order valence-corrected chi connectivity index (χ0v) is 18.6. The van der Waals surface area contributed by atoms with Gasteiger partial charge in [-0.25, -0.2) is 14.4 Å². The molecular formula is C23H26FN9. The van der Waals surface area contributed by atoms with E-state index in [1.807, 2.05) is 61.5 Å². The van der Waals surface area contributed by atoms with E-state index in [1.54, 1.807) is 0 Å². The number of H-pyrrole nitrogens is 1. The highest BCUT2D eigenvalue weighted by Gasteiger charge is 2.12. The summed E-state index contributed by atoms with van der Waals surface area (Å²) in [5.41, 5.74) is 4.42. The number of halogens is 1. The highest BCUT2D eigenvalue weighted by atomic mass is 19.1. The summed E-state index contributed by atoms with van der Waals surface area (Å²) in [5, 5.41) is 9.54. The van der Waals surface area contributed by atoms with Gasteiger partial charge in [-0.2, -0.15) is 4.98 Å². The molecule has 0 atom stereocenters. The number of rotatable bonds is 6. The van der Waals surface area contributed by atoms with Gasteiger partial charge in [-0.1, -0.05) is 0 Å². The van der Waals surface area contributed by atoms with Crippen molar-refractivity contribution in [2.75, 3.05) is 60.7 Å². The second-order valence-electron chi connectivity index (χ2n) is 8.11. The minimum absolute atomic E-state index is 0.111. The molecule has 4 N–H and O–H groups in total. The fraction of sp³-hybridized carbons (Fsp3) is 0.261. The molecule has 5 rings (SSSR count). The summed E-state index contributed by atoms with van der Waals surface area (Å²) in [4.78, 5) is 20.4. The number of nitrogens with zero attached hydrogens (tertiary/aromatic N) is 5. The van der Waals surface area contributed by atoms with E-state index in [2.05, 4.69) is 40.8 Å². The summed E-state index contributed by atoms with van der Waals surface area (Å²) in [7, 11) is 3.85. The molecule has 1 saturated heterocycles. The summed E-state index contributed by atoms with van der Waals surface area (Å²) in [6.07, 6.45) is 1.16. The Morgan fingerprint density at radius 1 is 0.970 bits per heavy atom. The summed E-state index contributed by atoms with van der Waals surface area (Å²) >= 11 is 0. The van der Waals surface area contributed by atoms with E-state index in [1.165, 1.54) is 0 Å². The van der Waals surface area contributed by atoms with Gasteiger partial charge >= 0.3 is 0 Å². The highest BCUT2D eigenvalue weighted by molar-refractivity contribution is 5.82. The summed E-state index contributed by atoms with van der Waals surface area (Å²) < 4.78 is 14.4. The van der Waals surface area contributed by atoms with Crippen LogP contribution in [0.5, 0.6) is 0 Å². The number of nitrogens with one attached hydrogen (secondary N) is 4. The molecule has 0 spiro atoms. The molecule has 0 aliphatic carbocycles. The van der Waals surface area contributed by atoms with Gasteiger partial charge in [-0.3, -0.25) is 0 Å². The Labute approximate surface area is 191 Å². The third-order valence-electron chi connectivity index (χ3n) is 5.51. The zero-order valence-electron chi connectivity index (χ0n) is 18.6. The molecule has 0 saturated carbocycles. The van der Waals surface area contributed by atoms with Crippen LogP contribution < -0.4 is 25.8 Å². The second kappa shape index (κ2) is 8.91. The first-order valence-electron chi connectivity index (χ1n) is 10.8. The minimum Gasteiger partial charge on any atom is -0.369 e. The molecule has 3 heterocycles. The Morgan fingerprint density at radius 2 is 1.73 bits per heavy atom. The van der Waals surface area contributed by atoms with Gasteiger partial charge in [0.2, 0.25) is 11.9 Å². The number of fused-ring (bicyclic) bond motifs is 1. The van der Waals surface area contributed by atoms with Crippen LogP contribution in [-0.4, -0.2) is 60.2 Å². The number of piperazine rings is 1. The largest absolute Gasteiger partial charge is 0.369 e. The van der Waals surface area contributed by atoms with Crippen LogP contribution in [0.4, 0.5) is 39.2 Å². The molecule has 0 bridgehead atoms. The van der Waals surface area contributed by atoms with E-state index >= 15 is 0 Å². The lowest BCUT2D eigenvalue weighted by Crippen LogP contribution is -2.43. The van der Waals surface area contributed by atoms with Gasteiger partial charge in [0.25, 0.3) is 0 Å². The van der Waals surface area contributed by atoms with Crippen molar-refractivity contribution in [3.63, 3.8) is 0 Å². The van der Waals surface area contributed by atoms with E-state index in [4.69, 9.17) is 0 Å². The topological polar surface area (TPSA) is 97.0 Å². The Kier molecular flexibility index (Phi) is 5.66. The van der Waals surface area contributed by atoms with Crippen LogP contribution in [0, 0.1) is 5.82 Å². The third-order valence-corrected chi connectivity index (χ3v) is 5.51. The average Bonchev–Trinajstić information content (AvgIpc) is 3.26. The SMILES string of the molecule is CN(C)c1nc2ccc(Nc3ncc(F)c(Nc4ccc(N5CCNCC5)cc4)n3)cc2[nH]1. The fourth-order valence-corrected chi connectivity index (χ4v) is 3.75. The van der Waals surface area contributed by atoms with Crippen molar-refractivity contribution in [2.45, 2.75) is 0 Å². The molecule has 1 aliphatic heterocycles. The first-order valence-corrected chi connectivity index (χ1v) is 10.8. The van der Waals surface area contributed by atoms with Crippen LogP contribution in [-0.2, 0) is 0 Å². The third kappa shape index (κ3) is 4.65. The maximum absolute atomic E-state index is 14.4. The molecule has 33 heavy (non-hydrogen) atoms. The monoisotopic (exact) mass is 447 g/mol. The lowest BCUT2D eigenvalue weighted by atomic mass is 10.2. The van der Waals surface area contributed by atoms with Crippen molar-refractivity contribution >= 4 is 45.8 Å². The van der Waals surface area contributed by atoms with Gasteiger partial charge in [0.05, 0.1) is 17.2 Å². The molecule has 2 aromatic heterocycles. The van der Waals surface area contributed by atoms with E-state index in [0.717, 1.165) is 66.4 Å². The van der Waals surface area contributed by atoms with Crippen molar-refractivity contribution in [2.24, 2.45) is 0 Å². The van der Waals surface area contributed by atoms with Crippen LogP contribution in [0.1, 0.15) is 0 Å². The van der Waals surface area contributed by atoms with Gasteiger partial charge in [-0.15, -0.1) is 0 Å². The van der Waals surface area contributed by atoms with Crippen molar-refractivity contribution in [1.82, 2.24) is 25.3 Å². The number of imidazole rings is 1. The molecule has 170 valence electrons. The van der Waals surface area contributed by atoms with E-state index in [0.29, 0.717) is 5.95 Å². The smallest absolute Gasteiger partial charge is 0.229 e. The number of anilines is 6. The predicted octanol–water partition coefficient (Wildman–Crippen LogP) is 3.45. The standard InChI is InChI=1S/C23H26FN9/c1-32(2)23-29-19-8-5-16(13-20(19)30-23)28-22-26-14-18(24)21(31-22)27-15-3-6-17(7-4-15)33-11-9-25-10-12-33/h3-8,13-14,25H,9-12H2,1-2H3,(H,29,30)(H2,26,27,28,31). The molecule has 4 aromatic rings. The molecular weight excluding hydrogens is 421 g/mol. The number of benzene rings is 2. The van der Waals surface area contributed by atoms with Gasteiger partial charge < -0.3 is 30.7 Å². The normalized spacial score (nSPS) is 13.8. The molecule has 1 fully saturated rings. The van der Waals surface area contributed by atoms with Crippen LogP contribution in [0.3, 0.4) is 0 Å². The van der Waals surface area contributed by atoms with Crippen molar-refractivity contribution in [1.29, 1.82) is 0 Å². The maximum Gasteiger partial charge on any atom is 0.229 e. The lowest BCUT2D eigenvalue weighted by molar-refractivity contribution is 0.589. The maximum atomic E-state index is 14.4. The Morgan fingerprint density at radius 3 is 2.48 bits per heavy atom. The van der Waals surface area contributed by atoms with Gasteiger partial charge in [0.1, 0.15) is 0 Å². The minimum atomic E-state index is -0.522. The number of aromatic amines is 1. The molecule has 0 amide bonds. The van der Waals surface area contributed by atoms with E-state index in [-0.39, 0.29) is 5.82 Å². The summed E-state index contributed by atoms with van der Waals surface area (Å²) in [6.45, 7) is 3.91. The second-order valence-corrected chi connectivity index (χ2v) is 8.11.